The number of esters is 1. The number of benzene rings is 1. The van der Waals surface area contributed by atoms with Crippen LogP contribution in [0.2, 0.25) is 0 Å². The number of rotatable bonds is 5. The van der Waals surface area contributed by atoms with Crippen molar-refractivity contribution in [2.24, 2.45) is 0 Å². The van der Waals surface area contributed by atoms with E-state index in [1.807, 2.05) is 0 Å². The Kier molecular flexibility index (Phi) is 4.51. The molecule has 0 unspecified atom stereocenters. The molecule has 0 aliphatic heterocycles. The summed E-state index contributed by atoms with van der Waals surface area (Å²) >= 11 is 2.99. The summed E-state index contributed by atoms with van der Waals surface area (Å²) < 4.78 is 9.89. The van der Waals surface area contributed by atoms with Gasteiger partial charge in [-0.2, -0.15) is 0 Å². The number of hydrogen-bond donors (Lipinski definition) is 0. The first-order chi connectivity index (χ1) is 10.4. The van der Waals surface area contributed by atoms with Crippen LogP contribution in [0.3, 0.4) is 0 Å². The van der Waals surface area contributed by atoms with E-state index < -0.39 is 21.7 Å². The molecule has 0 spiro atoms. The molecule has 10 heteroatoms. The van der Waals surface area contributed by atoms with E-state index in [4.69, 9.17) is 9.15 Å². The molecule has 0 N–H and O–H groups in total. The van der Waals surface area contributed by atoms with E-state index >= 15 is 0 Å². The van der Waals surface area contributed by atoms with Crippen molar-refractivity contribution < 1.29 is 23.8 Å². The molecule has 0 amide bonds. The van der Waals surface area contributed by atoms with Gasteiger partial charge in [0.25, 0.3) is 5.69 Å². The number of carbonyl (C=O) groups excluding carboxylic acids is 1. The summed E-state index contributed by atoms with van der Waals surface area (Å²) in [6.45, 7) is -0.290. The van der Waals surface area contributed by atoms with Crippen molar-refractivity contribution in [1.82, 2.24) is 0 Å². The molecule has 0 radical (unpaired) electrons. The molecule has 2 rings (SSSR count). The minimum Gasteiger partial charge on any atom is -0.454 e. The molecule has 0 aliphatic rings. The van der Waals surface area contributed by atoms with Crippen molar-refractivity contribution in [1.29, 1.82) is 0 Å². The van der Waals surface area contributed by atoms with E-state index in [0.717, 1.165) is 6.07 Å². The third kappa shape index (κ3) is 3.47. The first-order valence-corrected chi connectivity index (χ1v) is 6.52. The van der Waals surface area contributed by atoms with Crippen LogP contribution in [0, 0.1) is 20.2 Å². The summed E-state index contributed by atoms with van der Waals surface area (Å²) in [5, 5.41) is 21.1. The summed E-state index contributed by atoms with van der Waals surface area (Å²) in [5.74, 6) is -1.08. The number of furan rings is 1. The number of nitro benzene ring substituents is 1. The summed E-state index contributed by atoms with van der Waals surface area (Å²) in [6.07, 6.45) is 0. The molecule has 9 nitrogen and oxygen atoms in total. The smallest absolute Gasteiger partial charge is 0.433 e. The summed E-state index contributed by atoms with van der Waals surface area (Å²) in [4.78, 5) is 31.6. The second kappa shape index (κ2) is 6.35. The molecule has 1 aromatic heterocycles. The topological polar surface area (TPSA) is 126 Å². The van der Waals surface area contributed by atoms with Gasteiger partial charge in [0, 0.05) is 6.07 Å². The first-order valence-electron chi connectivity index (χ1n) is 5.72. The zero-order valence-corrected chi connectivity index (χ0v) is 12.3. The zero-order valence-electron chi connectivity index (χ0n) is 10.7. The molecular formula is C12H7BrN2O7. The lowest BCUT2D eigenvalue weighted by molar-refractivity contribution is -0.402. The maximum Gasteiger partial charge on any atom is 0.433 e. The maximum atomic E-state index is 11.8. The lowest BCUT2D eigenvalue weighted by atomic mass is 10.2. The molecule has 0 aliphatic carbocycles. The van der Waals surface area contributed by atoms with Crippen LogP contribution < -0.4 is 0 Å². The van der Waals surface area contributed by atoms with Crippen molar-refractivity contribution in [2.45, 2.75) is 6.61 Å². The Morgan fingerprint density at radius 2 is 1.91 bits per heavy atom. The van der Waals surface area contributed by atoms with Crippen LogP contribution in [0.4, 0.5) is 11.6 Å². The Morgan fingerprint density at radius 1 is 1.18 bits per heavy atom. The van der Waals surface area contributed by atoms with Gasteiger partial charge in [-0.15, -0.1) is 0 Å². The minimum absolute atomic E-state index is 0.0959. The van der Waals surface area contributed by atoms with Crippen LogP contribution in [0.25, 0.3) is 0 Å². The lowest BCUT2D eigenvalue weighted by Crippen LogP contribution is -2.05. The first kappa shape index (κ1) is 15.6. The molecular weight excluding hydrogens is 364 g/mol. The molecule has 0 fully saturated rings. The van der Waals surface area contributed by atoms with E-state index in [-0.39, 0.29) is 28.1 Å². The maximum absolute atomic E-state index is 11.8. The normalized spacial score (nSPS) is 10.2. The third-order valence-corrected chi connectivity index (χ3v) is 3.19. The average molecular weight is 371 g/mol. The number of nitro groups is 2. The zero-order chi connectivity index (χ0) is 16.3. The number of carbonyl (C=O) groups is 1. The van der Waals surface area contributed by atoms with Gasteiger partial charge < -0.3 is 9.15 Å². The monoisotopic (exact) mass is 370 g/mol. The molecule has 1 aromatic carbocycles. The molecule has 0 bridgehead atoms. The van der Waals surface area contributed by atoms with Gasteiger partial charge in [-0.3, -0.25) is 20.2 Å². The molecule has 22 heavy (non-hydrogen) atoms. The van der Waals surface area contributed by atoms with E-state index in [0.29, 0.717) is 0 Å². The molecule has 1 heterocycles. The number of nitrogens with zero attached hydrogens (tertiary/aromatic N) is 2. The largest absolute Gasteiger partial charge is 0.454 e. The van der Waals surface area contributed by atoms with Gasteiger partial charge >= 0.3 is 11.9 Å². The third-order valence-electron chi connectivity index (χ3n) is 2.55. The Balaban J connectivity index is 2.04. The Morgan fingerprint density at radius 3 is 2.45 bits per heavy atom. The minimum atomic E-state index is -0.741. The van der Waals surface area contributed by atoms with Crippen molar-refractivity contribution >= 4 is 33.5 Å². The lowest BCUT2D eigenvalue weighted by Gasteiger charge is -2.03. The summed E-state index contributed by atoms with van der Waals surface area (Å²) in [6, 6.07) is 6.13. The Bertz CT molecular complexity index is 756. The molecule has 114 valence electrons. The second-order valence-electron chi connectivity index (χ2n) is 4.00. The summed E-state index contributed by atoms with van der Waals surface area (Å²) in [7, 11) is 0. The van der Waals surface area contributed by atoms with Crippen molar-refractivity contribution in [3.63, 3.8) is 0 Å². The number of halogens is 1. The van der Waals surface area contributed by atoms with E-state index in [1.165, 1.54) is 24.3 Å². The van der Waals surface area contributed by atoms with Crippen molar-refractivity contribution in [2.75, 3.05) is 0 Å². The SMILES string of the molecule is O=C(OCc1ccc([N+](=O)[O-])o1)c1ccc([N+](=O)[O-])c(Br)c1. The highest BCUT2D eigenvalue weighted by molar-refractivity contribution is 9.10. The predicted octanol–water partition coefficient (Wildman–Crippen LogP) is 3.22. The average Bonchev–Trinajstić information content (AvgIpc) is 2.93. The standard InChI is InChI=1S/C12H7BrN2O7/c13-9-5-7(1-3-10(9)14(17)18)12(16)21-6-8-2-4-11(22-8)15(19)20/h1-5H,6H2. The predicted molar refractivity (Wildman–Crippen MR) is 75.3 cm³/mol. The van der Waals surface area contributed by atoms with Crippen molar-refractivity contribution in [3.8, 4) is 0 Å². The van der Waals surface area contributed by atoms with E-state index in [9.17, 15) is 25.0 Å². The van der Waals surface area contributed by atoms with Crippen LogP contribution in [0.5, 0.6) is 0 Å². The second-order valence-corrected chi connectivity index (χ2v) is 4.85. The van der Waals surface area contributed by atoms with E-state index in [1.54, 1.807) is 0 Å². The fraction of sp³-hybridized carbons (Fsp3) is 0.0833. The van der Waals surface area contributed by atoms with Crippen LogP contribution in [0.15, 0.2) is 39.2 Å². The van der Waals surface area contributed by atoms with Gasteiger partial charge in [-0.05, 0) is 34.1 Å². The van der Waals surface area contributed by atoms with Crippen LogP contribution in [-0.4, -0.2) is 15.8 Å². The quantitative estimate of drug-likeness (QED) is 0.449. The van der Waals surface area contributed by atoms with Crippen LogP contribution in [-0.2, 0) is 11.3 Å². The van der Waals surface area contributed by atoms with Gasteiger partial charge in [0.05, 0.1) is 21.0 Å². The highest BCUT2D eigenvalue weighted by atomic mass is 79.9. The van der Waals surface area contributed by atoms with Crippen molar-refractivity contribution in [3.05, 3.63) is 66.4 Å². The Hall–Kier alpha value is -2.75. The van der Waals surface area contributed by atoms with Gasteiger partial charge in [0.1, 0.15) is 17.3 Å². The highest BCUT2D eigenvalue weighted by Gasteiger charge is 2.17. The van der Waals surface area contributed by atoms with Gasteiger partial charge in [-0.25, -0.2) is 4.79 Å². The molecule has 0 saturated carbocycles. The van der Waals surface area contributed by atoms with Gasteiger partial charge in [-0.1, -0.05) is 0 Å². The van der Waals surface area contributed by atoms with Crippen LogP contribution >= 0.6 is 15.9 Å². The number of hydrogen-bond acceptors (Lipinski definition) is 7. The van der Waals surface area contributed by atoms with Gasteiger partial charge in [0.2, 0.25) is 0 Å². The Labute approximate surface area is 130 Å². The fourth-order valence-corrected chi connectivity index (χ4v) is 2.07. The van der Waals surface area contributed by atoms with Gasteiger partial charge in [0.15, 0.2) is 0 Å². The fourth-order valence-electron chi connectivity index (χ4n) is 1.54. The molecule has 0 atom stereocenters. The molecule has 2 aromatic rings. The highest BCUT2D eigenvalue weighted by Crippen LogP contribution is 2.26. The van der Waals surface area contributed by atoms with E-state index in [2.05, 4.69) is 15.9 Å². The molecule has 0 saturated heterocycles. The summed E-state index contributed by atoms with van der Waals surface area (Å²) in [5.41, 5.74) is -0.0864. The van der Waals surface area contributed by atoms with Crippen LogP contribution in [0.1, 0.15) is 16.1 Å². The number of ether oxygens (including phenoxy) is 1.